The second-order valence-electron chi connectivity index (χ2n) is 4.21. The molecule has 1 aliphatic heterocycles. The lowest BCUT2D eigenvalue weighted by Gasteiger charge is -2.08. The van der Waals surface area contributed by atoms with E-state index in [1.54, 1.807) is 0 Å². The van der Waals surface area contributed by atoms with Crippen LogP contribution in [0.4, 0.5) is 0 Å². The third-order valence-corrected chi connectivity index (χ3v) is 2.87. The Balaban J connectivity index is 1.67. The number of nitrogens with one attached hydrogen (secondary N) is 2. The summed E-state index contributed by atoms with van der Waals surface area (Å²) in [6, 6.07) is 11.2. The molecular weight excluding hydrogens is 186 g/mol. The number of aryl methyl sites for hydroxylation is 1. The van der Waals surface area contributed by atoms with Gasteiger partial charge >= 0.3 is 0 Å². The van der Waals surface area contributed by atoms with Gasteiger partial charge in [-0.05, 0) is 31.2 Å². The topological polar surface area (TPSA) is 50.1 Å². The normalized spacial score (nSPS) is 25.7. The van der Waals surface area contributed by atoms with E-state index in [0.717, 1.165) is 12.8 Å². The molecule has 3 nitrogen and oxygen atoms in total. The first-order chi connectivity index (χ1) is 7.34. The number of rotatable bonds is 4. The molecule has 15 heavy (non-hydrogen) atoms. The van der Waals surface area contributed by atoms with Gasteiger partial charge in [0.15, 0.2) is 0 Å². The van der Waals surface area contributed by atoms with Crippen molar-refractivity contribution in [3.05, 3.63) is 35.9 Å². The van der Waals surface area contributed by atoms with Crippen LogP contribution in [0.2, 0.25) is 0 Å². The molecule has 0 saturated carbocycles. The van der Waals surface area contributed by atoms with Crippen molar-refractivity contribution in [2.75, 3.05) is 0 Å². The zero-order valence-electron chi connectivity index (χ0n) is 8.95. The minimum atomic E-state index is 0.131. The van der Waals surface area contributed by atoms with Crippen molar-refractivity contribution in [1.82, 2.24) is 10.9 Å². The van der Waals surface area contributed by atoms with Crippen LogP contribution in [0.1, 0.15) is 24.8 Å². The summed E-state index contributed by atoms with van der Waals surface area (Å²) in [7, 11) is 0. The first-order valence-corrected chi connectivity index (χ1v) is 5.65. The molecule has 0 radical (unpaired) electrons. The van der Waals surface area contributed by atoms with Crippen LogP contribution >= 0.6 is 0 Å². The van der Waals surface area contributed by atoms with Crippen LogP contribution in [0.15, 0.2) is 30.3 Å². The molecule has 1 aromatic rings. The average Bonchev–Trinajstić information content (AvgIpc) is 2.66. The van der Waals surface area contributed by atoms with Gasteiger partial charge in [-0.2, -0.15) is 0 Å². The lowest BCUT2D eigenvalue weighted by Crippen LogP contribution is -2.37. The van der Waals surface area contributed by atoms with Crippen molar-refractivity contribution in [3.8, 4) is 0 Å². The van der Waals surface area contributed by atoms with Gasteiger partial charge in [0.1, 0.15) is 0 Å². The monoisotopic (exact) mass is 205 g/mol. The lowest BCUT2D eigenvalue weighted by atomic mass is 10.0. The van der Waals surface area contributed by atoms with Gasteiger partial charge in [0.2, 0.25) is 0 Å². The second kappa shape index (κ2) is 5.26. The lowest BCUT2D eigenvalue weighted by molar-refractivity contribution is 0.502. The van der Waals surface area contributed by atoms with E-state index in [1.165, 1.54) is 18.4 Å². The Morgan fingerprint density at radius 3 is 2.67 bits per heavy atom. The fourth-order valence-electron chi connectivity index (χ4n) is 2.04. The Labute approximate surface area is 91.0 Å². The van der Waals surface area contributed by atoms with Crippen molar-refractivity contribution < 1.29 is 0 Å². The molecule has 1 saturated heterocycles. The Bertz CT molecular complexity index is 286. The molecule has 0 amide bonds. The van der Waals surface area contributed by atoms with Gasteiger partial charge in [0.25, 0.3) is 0 Å². The van der Waals surface area contributed by atoms with Crippen LogP contribution in [0, 0.1) is 0 Å². The summed E-state index contributed by atoms with van der Waals surface area (Å²) in [6.07, 6.45) is 4.74. The Morgan fingerprint density at radius 2 is 2.00 bits per heavy atom. The van der Waals surface area contributed by atoms with Crippen LogP contribution in [0.25, 0.3) is 0 Å². The fourth-order valence-corrected chi connectivity index (χ4v) is 2.04. The molecule has 0 bridgehead atoms. The van der Waals surface area contributed by atoms with Crippen LogP contribution in [0.3, 0.4) is 0 Å². The molecule has 3 heteroatoms. The maximum atomic E-state index is 5.73. The van der Waals surface area contributed by atoms with Crippen molar-refractivity contribution >= 4 is 0 Å². The van der Waals surface area contributed by atoms with Gasteiger partial charge in [0.05, 0.1) is 6.17 Å². The summed E-state index contributed by atoms with van der Waals surface area (Å²) in [6.45, 7) is 0. The van der Waals surface area contributed by atoms with Crippen molar-refractivity contribution in [2.45, 2.75) is 37.9 Å². The van der Waals surface area contributed by atoms with Gasteiger partial charge in [-0.3, -0.25) is 5.43 Å². The van der Waals surface area contributed by atoms with Gasteiger partial charge in [-0.1, -0.05) is 30.3 Å². The predicted octanol–water partition coefficient (Wildman–Crippen LogP) is 1.16. The van der Waals surface area contributed by atoms with Crippen molar-refractivity contribution in [3.63, 3.8) is 0 Å². The number of nitrogens with two attached hydrogens (primary N) is 1. The second-order valence-corrected chi connectivity index (χ2v) is 4.21. The molecule has 2 rings (SSSR count). The molecule has 1 aliphatic rings. The largest absolute Gasteiger partial charge is 0.315 e. The van der Waals surface area contributed by atoms with E-state index in [1.807, 2.05) is 0 Å². The molecule has 2 atom stereocenters. The first kappa shape index (κ1) is 10.6. The maximum absolute atomic E-state index is 5.73. The molecule has 2 unspecified atom stereocenters. The van der Waals surface area contributed by atoms with Crippen molar-refractivity contribution in [1.29, 1.82) is 0 Å². The van der Waals surface area contributed by atoms with E-state index in [9.17, 15) is 0 Å². The number of benzene rings is 1. The molecule has 1 heterocycles. The van der Waals surface area contributed by atoms with Crippen LogP contribution < -0.4 is 16.6 Å². The van der Waals surface area contributed by atoms with E-state index < -0.39 is 0 Å². The molecule has 0 spiro atoms. The van der Waals surface area contributed by atoms with E-state index >= 15 is 0 Å². The van der Waals surface area contributed by atoms with Gasteiger partial charge in [-0.15, -0.1) is 0 Å². The zero-order chi connectivity index (χ0) is 10.5. The number of hydrogen-bond donors (Lipinski definition) is 3. The molecule has 0 aliphatic carbocycles. The minimum Gasteiger partial charge on any atom is -0.315 e. The number of hydrazine groups is 1. The number of hydrogen-bond acceptors (Lipinski definition) is 3. The average molecular weight is 205 g/mol. The summed E-state index contributed by atoms with van der Waals surface area (Å²) in [4.78, 5) is 0. The summed E-state index contributed by atoms with van der Waals surface area (Å²) in [5.74, 6) is 0. The van der Waals surface area contributed by atoms with E-state index in [-0.39, 0.29) is 6.17 Å². The minimum absolute atomic E-state index is 0.131. The zero-order valence-corrected chi connectivity index (χ0v) is 8.95. The van der Waals surface area contributed by atoms with Crippen LogP contribution in [-0.2, 0) is 6.42 Å². The Morgan fingerprint density at radius 1 is 1.20 bits per heavy atom. The van der Waals surface area contributed by atoms with E-state index in [4.69, 9.17) is 5.73 Å². The fraction of sp³-hybridized carbons (Fsp3) is 0.500. The predicted molar refractivity (Wildman–Crippen MR) is 62.0 cm³/mol. The highest BCUT2D eigenvalue weighted by Crippen LogP contribution is 2.10. The highest BCUT2D eigenvalue weighted by Gasteiger charge is 2.19. The Kier molecular flexibility index (Phi) is 3.72. The van der Waals surface area contributed by atoms with E-state index in [0.29, 0.717) is 6.04 Å². The summed E-state index contributed by atoms with van der Waals surface area (Å²) in [5, 5.41) is 0. The van der Waals surface area contributed by atoms with Crippen LogP contribution in [-0.4, -0.2) is 12.2 Å². The first-order valence-electron chi connectivity index (χ1n) is 5.65. The molecule has 4 N–H and O–H groups in total. The standard InChI is InChI=1S/C12H19N3/c13-12-9-11(14-15-12)8-4-7-10-5-2-1-3-6-10/h1-3,5-6,11-12,14-15H,4,7-9,13H2. The SMILES string of the molecule is NC1CC(CCCc2ccccc2)NN1. The smallest absolute Gasteiger partial charge is 0.0694 e. The quantitative estimate of drug-likeness (QED) is 0.691. The third kappa shape index (κ3) is 3.30. The third-order valence-electron chi connectivity index (χ3n) is 2.87. The van der Waals surface area contributed by atoms with E-state index in [2.05, 4.69) is 41.2 Å². The highest BCUT2D eigenvalue weighted by molar-refractivity contribution is 5.14. The highest BCUT2D eigenvalue weighted by atomic mass is 15.4. The maximum Gasteiger partial charge on any atom is 0.0694 e. The molecule has 1 fully saturated rings. The summed E-state index contributed by atoms with van der Waals surface area (Å²) in [5.41, 5.74) is 13.4. The molecule has 0 aromatic heterocycles. The Hall–Kier alpha value is -0.900. The van der Waals surface area contributed by atoms with Gasteiger partial charge in [0, 0.05) is 6.04 Å². The molecule has 82 valence electrons. The van der Waals surface area contributed by atoms with Gasteiger partial charge < -0.3 is 5.73 Å². The summed E-state index contributed by atoms with van der Waals surface area (Å²) >= 11 is 0. The van der Waals surface area contributed by atoms with Gasteiger partial charge in [-0.25, -0.2) is 5.43 Å². The van der Waals surface area contributed by atoms with Crippen LogP contribution in [0.5, 0.6) is 0 Å². The van der Waals surface area contributed by atoms with Crippen molar-refractivity contribution in [2.24, 2.45) is 5.73 Å². The molecular formula is C12H19N3. The molecule has 1 aromatic carbocycles. The summed E-state index contributed by atoms with van der Waals surface area (Å²) < 4.78 is 0.